The van der Waals surface area contributed by atoms with Crippen LogP contribution in [0.3, 0.4) is 0 Å². The molecule has 4 heteroatoms. The first-order valence-corrected chi connectivity index (χ1v) is 15.3. The molecule has 1 aromatic carbocycles. The highest BCUT2D eigenvalue weighted by molar-refractivity contribution is 5.53. The molecule has 1 unspecified atom stereocenters. The van der Waals surface area contributed by atoms with Crippen LogP contribution in [-0.4, -0.2) is 27.6 Å². The van der Waals surface area contributed by atoms with Crippen LogP contribution >= 0.6 is 0 Å². The summed E-state index contributed by atoms with van der Waals surface area (Å²) in [7, 11) is 0. The highest BCUT2D eigenvalue weighted by Crippen LogP contribution is 2.67. The quantitative estimate of drug-likeness (QED) is 0.334. The number of aliphatic hydroxyl groups is 1. The first-order valence-electron chi connectivity index (χ1n) is 15.3. The van der Waals surface area contributed by atoms with Crippen LogP contribution in [0.4, 0.5) is 4.79 Å². The first kappa shape index (κ1) is 30.7. The highest BCUT2D eigenvalue weighted by atomic mass is 16.6. The van der Waals surface area contributed by atoms with Crippen molar-refractivity contribution in [3.63, 3.8) is 0 Å². The SMILES string of the molecule is CC(C)CCCC(C)[C@H]1CC[C@H]2[C@@H]3CC=C4C[C@@H](O)CC[C@]4(C)[C@H]3CC[C@]12C.O=C(O)O.c1ccccc1. The largest absolute Gasteiger partial charge is 0.503 e. The fourth-order valence-electron chi connectivity index (χ4n) is 9.05. The van der Waals surface area contributed by atoms with Crippen LogP contribution in [0.1, 0.15) is 105 Å². The van der Waals surface area contributed by atoms with Gasteiger partial charge in [0.1, 0.15) is 0 Å². The number of carboxylic acid groups (broad SMARTS) is 2. The summed E-state index contributed by atoms with van der Waals surface area (Å²) in [5, 5.41) is 24.2. The van der Waals surface area contributed by atoms with Crippen molar-refractivity contribution < 1.29 is 20.1 Å². The average molecular weight is 527 g/mol. The molecule has 3 N–H and O–H groups in total. The minimum atomic E-state index is -1.83. The molecule has 5 rings (SSSR count). The van der Waals surface area contributed by atoms with Crippen LogP contribution in [0.2, 0.25) is 0 Å². The Morgan fingerprint density at radius 1 is 0.895 bits per heavy atom. The van der Waals surface area contributed by atoms with Crippen molar-refractivity contribution in [1.29, 1.82) is 0 Å². The van der Waals surface area contributed by atoms with Crippen molar-refractivity contribution in [3.8, 4) is 0 Å². The van der Waals surface area contributed by atoms with E-state index in [1.807, 2.05) is 36.4 Å². The molecule has 0 aliphatic heterocycles. The zero-order valence-electron chi connectivity index (χ0n) is 24.6. The van der Waals surface area contributed by atoms with Crippen molar-refractivity contribution in [2.45, 2.75) is 111 Å². The fourth-order valence-corrected chi connectivity index (χ4v) is 9.05. The van der Waals surface area contributed by atoms with E-state index in [-0.39, 0.29) is 6.10 Å². The maximum atomic E-state index is 10.2. The monoisotopic (exact) mass is 526 g/mol. The topological polar surface area (TPSA) is 77.8 Å². The molecular formula is C34H54O4. The summed E-state index contributed by atoms with van der Waals surface area (Å²) in [5.74, 6) is 5.46. The summed E-state index contributed by atoms with van der Waals surface area (Å²) in [6.07, 6.45) is 15.3. The molecule has 3 saturated carbocycles. The molecule has 0 spiro atoms. The minimum absolute atomic E-state index is 0.0766. The number of hydrogen-bond acceptors (Lipinski definition) is 2. The number of fused-ring (bicyclic) bond motifs is 5. The van der Waals surface area contributed by atoms with E-state index in [9.17, 15) is 5.11 Å². The van der Waals surface area contributed by atoms with Crippen molar-refractivity contribution >= 4 is 6.16 Å². The molecule has 0 bridgehead atoms. The smallest absolute Gasteiger partial charge is 0.450 e. The second-order valence-corrected chi connectivity index (χ2v) is 13.6. The molecule has 1 aromatic rings. The van der Waals surface area contributed by atoms with Gasteiger partial charge < -0.3 is 15.3 Å². The van der Waals surface area contributed by atoms with Gasteiger partial charge in [-0.15, -0.1) is 0 Å². The number of hydrogen-bond donors (Lipinski definition) is 3. The predicted octanol–water partition coefficient (Wildman–Crippen LogP) is 9.30. The van der Waals surface area contributed by atoms with Crippen molar-refractivity contribution in [2.75, 3.05) is 0 Å². The Balaban J connectivity index is 0.000000338. The Kier molecular flexibility index (Phi) is 10.9. The molecule has 4 aliphatic carbocycles. The van der Waals surface area contributed by atoms with E-state index in [0.717, 1.165) is 48.3 Å². The fraction of sp³-hybridized carbons (Fsp3) is 0.735. The van der Waals surface area contributed by atoms with Gasteiger partial charge in [0.05, 0.1) is 6.10 Å². The summed E-state index contributed by atoms with van der Waals surface area (Å²) in [6, 6.07) is 12.0. The Morgan fingerprint density at radius 2 is 1.50 bits per heavy atom. The van der Waals surface area contributed by atoms with Crippen molar-refractivity contribution in [3.05, 3.63) is 48.0 Å². The van der Waals surface area contributed by atoms with Gasteiger partial charge in [0, 0.05) is 0 Å². The molecule has 0 heterocycles. The maximum absolute atomic E-state index is 10.2. The lowest BCUT2D eigenvalue weighted by Gasteiger charge is -2.58. The third-order valence-electron chi connectivity index (χ3n) is 10.9. The molecule has 4 nitrogen and oxygen atoms in total. The van der Waals surface area contributed by atoms with Gasteiger partial charge in [-0.1, -0.05) is 102 Å². The van der Waals surface area contributed by atoms with Crippen LogP contribution in [0.5, 0.6) is 0 Å². The van der Waals surface area contributed by atoms with Crippen LogP contribution in [0, 0.1) is 46.3 Å². The Bertz CT molecular complexity index is 864. The van der Waals surface area contributed by atoms with E-state index in [0.29, 0.717) is 10.8 Å². The number of allylic oxidation sites excluding steroid dienone is 1. The first-order chi connectivity index (χ1) is 18.0. The Morgan fingerprint density at radius 3 is 2.08 bits per heavy atom. The zero-order valence-corrected chi connectivity index (χ0v) is 24.6. The predicted molar refractivity (Wildman–Crippen MR) is 156 cm³/mol. The van der Waals surface area contributed by atoms with Gasteiger partial charge in [-0.2, -0.15) is 0 Å². The molecule has 38 heavy (non-hydrogen) atoms. The summed E-state index contributed by atoms with van der Waals surface area (Å²) < 4.78 is 0. The Hall–Kier alpha value is -1.81. The lowest BCUT2D eigenvalue weighted by Crippen LogP contribution is -2.50. The molecule has 3 fully saturated rings. The average Bonchev–Trinajstić information content (AvgIpc) is 3.23. The third-order valence-corrected chi connectivity index (χ3v) is 10.9. The van der Waals surface area contributed by atoms with E-state index in [1.54, 1.807) is 5.57 Å². The van der Waals surface area contributed by atoms with E-state index in [1.165, 1.54) is 57.8 Å². The number of rotatable bonds is 5. The number of carbonyl (C=O) groups is 1. The van der Waals surface area contributed by atoms with Gasteiger partial charge in [-0.3, -0.25) is 0 Å². The maximum Gasteiger partial charge on any atom is 0.503 e. The third kappa shape index (κ3) is 7.23. The normalized spacial score (nSPS) is 36.2. The van der Waals surface area contributed by atoms with E-state index in [2.05, 4.69) is 40.7 Å². The minimum Gasteiger partial charge on any atom is -0.450 e. The van der Waals surface area contributed by atoms with Crippen molar-refractivity contribution in [2.24, 2.45) is 46.3 Å². The summed E-state index contributed by atoms with van der Waals surface area (Å²) >= 11 is 0. The summed E-state index contributed by atoms with van der Waals surface area (Å²) in [5.41, 5.74) is 2.60. The summed E-state index contributed by atoms with van der Waals surface area (Å²) in [4.78, 5) is 8.56. The van der Waals surface area contributed by atoms with Gasteiger partial charge >= 0.3 is 6.16 Å². The second kappa shape index (κ2) is 13.5. The lowest BCUT2D eigenvalue weighted by atomic mass is 9.47. The second-order valence-electron chi connectivity index (χ2n) is 13.6. The number of benzene rings is 1. The molecule has 4 aliphatic rings. The van der Waals surface area contributed by atoms with E-state index in [4.69, 9.17) is 15.0 Å². The van der Waals surface area contributed by atoms with Crippen molar-refractivity contribution in [1.82, 2.24) is 0 Å². The Labute approximate surface area is 231 Å². The standard InChI is InChI=1S/C27H46O.C6H6.CH2O3/c1-18(2)7-6-8-19(3)23-11-12-24-22-10-9-20-17-21(28)13-15-26(20,4)25(22)14-16-27(23,24)5;1-2-4-6-5-3-1;2-1(3)4/h9,18-19,21-25,28H,6-8,10-17H2,1-5H3;1-6H;(H2,2,3,4)/t19?,21-,22-,23+,24-,25-,26-,27+;;/m0../s1. The van der Waals surface area contributed by atoms with E-state index < -0.39 is 6.16 Å². The zero-order chi connectivity index (χ0) is 27.9. The van der Waals surface area contributed by atoms with Crippen LogP contribution in [0.15, 0.2) is 48.0 Å². The van der Waals surface area contributed by atoms with Crippen LogP contribution in [0.25, 0.3) is 0 Å². The molecule has 214 valence electrons. The van der Waals surface area contributed by atoms with Gasteiger partial charge in [0.15, 0.2) is 0 Å². The van der Waals surface area contributed by atoms with E-state index >= 15 is 0 Å². The lowest BCUT2D eigenvalue weighted by molar-refractivity contribution is -0.0573. The molecular weight excluding hydrogens is 472 g/mol. The summed E-state index contributed by atoms with van der Waals surface area (Å²) in [6.45, 7) is 12.6. The molecule has 0 radical (unpaired) electrons. The van der Waals surface area contributed by atoms with Crippen LogP contribution in [-0.2, 0) is 0 Å². The highest BCUT2D eigenvalue weighted by Gasteiger charge is 2.59. The molecule has 8 atom stereocenters. The van der Waals surface area contributed by atoms with Gasteiger partial charge in [0.2, 0.25) is 0 Å². The molecule has 0 aromatic heterocycles. The molecule has 0 amide bonds. The van der Waals surface area contributed by atoms with Gasteiger partial charge in [-0.25, -0.2) is 4.79 Å². The van der Waals surface area contributed by atoms with Gasteiger partial charge in [-0.05, 0) is 97.7 Å². The van der Waals surface area contributed by atoms with Crippen LogP contribution < -0.4 is 0 Å². The van der Waals surface area contributed by atoms with Gasteiger partial charge in [0.25, 0.3) is 0 Å². The number of aliphatic hydroxyl groups excluding tert-OH is 1. The molecule has 0 saturated heterocycles.